The maximum Gasteiger partial charge on any atom is 0.270 e. The normalized spacial score (nSPS) is 26.3. The third-order valence-corrected chi connectivity index (χ3v) is 7.67. The molecule has 2 fully saturated rings. The zero-order valence-electron chi connectivity index (χ0n) is 20.9. The summed E-state index contributed by atoms with van der Waals surface area (Å²) in [6.45, 7) is 6.15. The molecule has 4 aliphatic heterocycles. The lowest BCUT2D eigenvalue weighted by molar-refractivity contribution is -0.115. The SMILES string of the molecule is N=C1C(=O)NC2CCN(CCCCCCCCCNc3nc(N4CCCCCC4)ccc31)CC2. The zero-order chi connectivity index (χ0) is 23.6. The number of nitrogens with zero attached hydrogens (tertiary/aromatic N) is 3. The maximum atomic E-state index is 13.0. The van der Waals surface area contributed by atoms with Gasteiger partial charge in [0.05, 0.1) is 0 Å². The van der Waals surface area contributed by atoms with Crippen LogP contribution in [0.1, 0.15) is 89.0 Å². The molecule has 5 heterocycles. The number of carbonyl (C=O) groups is 1. The Morgan fingerprint density at radius 1 is 0.794 bits per heavy atom. The molecule has 2 saturated heterocycles. The Labute approximate surface area is 205 Å². The highest BCUT2D eigenvalue weighted by molar-refractivity contribution is 6.45. The third kappa shape index (κ3) is 7.17. The van der Waals surface area contributed by atoms with Crippen LogP contribution in [0, 0.1) is 5.41 Å². The van der Waals surface area contributed by atoms with Crippen molar-refractivity contribution < 1.29 is 4.79 Å². The minimum Gasteiger partial charge on any atom is -0.369 e. The van der Waals surface area contributed by atoms with E-state index in [9.17, 15) is 4.79 Å². The topological polar surface area (TPSA) is 84.3 Å². The minimum atomic E-state index is -0.274. The van der Waals surface area contributed by atoms with E-state index in [1.165, 1.54) is 70.8 Å². The van der Waals surface area contributed by atoms with Gasteiger partial charge in [-0.15, -0.1) is 0 Å². The van der Waals surface area contributed by atoms with Crippen LogP contribution in [0.25, 0.3) is 0 Å². The standard InChI is InChI=1S/C27H44N6O/c28-25-23-12-13-24(33-18-10-6-7-11-19-33)31-26(23)29-16-8-4-2-1-3-5-9-17-32-20-14-22(15-21-32)30-27(25)34/h12-13,22,28H,1-11,14-21H2,(H,29,31)(H,30,34). The second-order valence-electron chi connectivity index (χ2n) is 10.3. The van der Waals surface area contributed by atoms with E-state index >= 15 is 0 Å². The summed E-state index contributed by atoms with van der Waals surface area (Å²) in [5, 5.41) is 15.3. The van der Waals surface area contributed by atoms with E-state index in [-0.39, 0.29) is 17.7 Å². The predicted octanol–water partition coefficient (Wildman–Crippen LogP) is 4.57. The average molecular weight is 469 g/mol. The molecule has 0 aromatic carbocycles. The Kier molecular flexibility index (Phi) is 9.60. The van der Waals surface area contributed by atoms with Gasteiger partial charge in [-0.1, -0.05) is 44.9 Å². The molecule has 188 valence electrons. The second kappa shape index (κ2) is 13.1. The van der Waals surface area contributed by atoms with Gasteiger partial charge in [-0.3, -0.25) is 10.2 Å². The van der Waals surface area contributed by atoms with Gasteiger partial charge < -0.3 is 20.4 Å². The summed E-state index contributed by atoms with van der Waals surface area (Å²) in [6.07, 6.45) is 15.7. The van der Waals surface area contributed by atoms with E-state index in [4.69, 9.17) is 10.4 Å². The number of carbonyl (C=O) groups excluding carboxylic acids is 1. The number of piperidine rings is 1. The van der Waals surface area contributed by atoms with Gasteiger partial charge in [0, 0.05) is 44.3 Å². The Morgan fingerprint density at radius 2 is 1.41 bits per heavy atom. The van der Waals surface area contributed by atoms with E-state index in [1.807, 2.05) is 12.1 Å². The van der Waals surface area contributed by atoms with Gasteiger partial charge in [0.25, 0.3) is 5.91 Å². The molecule has 0 radical (unpaired) electrons. The number of aromatic nitrogens is 1. The summed E-state index contributed by atoms with van der Waals surface area (Å²) in [5.74, 6) is 1.38. The molecule has 0 spiro atoms. The quantitative estimate of drug-likeness (QED) is 0.562. The summed E-state index contributed by atoms with van der Waals surface area (Å²) in [5.41, 5.74) is 0.643. The highest BCUT2D eigenvalue weighted by atomic mass is 16.1. The number of rotatable bonds is 1. The van der Waals surface area contributed by atoms with Gasteiger partial charge in [0.1, 0.15) is 17.3 Å². The van der Waals surface area contributed by atoms with Crippen LogP contribution in [-0.2, 0) is 4.79 Å². The highest BCUT2D eigenvalue weighted by Crippen LogP contribution is 2.23. The maximum absolute atomic E-state index is 13.0. The lowest BCUT2D eigenvalue weighted by Gasteiger charge is -2.32. The molecule has 7 nitrogen and oxygen atoms in total. The van der Waals surface area contributed by atoms with Crippen LogP contribution in [0.5, 0.6) is 0 Å². The number of pyridine rings is 1. The lowest BCUT2D eigenvalue weighted by Crippen LogP contribution is -2.46. The smallest absolute Gasteiger partial charge is 0.270 e. The average Bonchev–Trinajstić information content (AvgIpc) is 3.15. The summed E-state index contributed by atoms with van der Waals surface area (Å²) in [6, 6.07) is 4.09. The van der Waals surface area contributed by atoms with Gasteiger partial charge in [-0.2, -0.15) is 0 Å². The predicted molar refractivity (Wildman–Crippen MR) is 140 cm³/mol. The summed E-state index contributed by atoms with van der Waals surface area (Å²) >= 11 is 0. The second-order valence-corrected chi connectivity index (χ2v) is 10.3. The number of amides is 1. The summed E-state index contributed by atoms with van der Waals surface area (Å²) in [4.78, 5) is 22.9. The van der Waals surface area contributed by atoms with Crippen LogP contribution in [-0.4, -0.2) is 66.8 Å². The minimum absolute atomic E-state index is 0.0257. The first kappa shape index (κ1) is 25.0. The number of hydrogen-bond acceptors (Lipinski definition) is 6. The van der Waals surface area contributed by atoms with Gasteiger partial charge in [0.15, 0.2) is 0 Å². The molecule has 34 heavy (non-hydrogen) atoms. The zero-order valence-corrected chi connectivity index (χ0v) is 20.9. The number of fused-ring (bicyclic) bond motifs is 13. The molecule has 5 rings (SSSR count). The van der Waals surface area contributed by atoms with Crippen LogP contribution < -0.4 is 15.5 Å². The fourth-order valence-corrected chi connectivity index (χ4v) is 5.49. The van der Waals surface area contributed by atoms with Crippen molar-refractivity contribution in [2.75, 3.05) is 49.5 Å². The molecular formula is C27H44N6O. The Bertz CT molecular complexity index is 796. The van der Waals surface area contributed by atoms with E-state index in [0.29, 0.717) is 11.4 Å². The van der Waals surface area contributed by atoms with Crippen molar-refractivity contribution in [2.45, 2.75) is 89.5 Å². The molecule has 7 heteroatoms. The van der Waals surface area contributed by atoms with Crippen molar-refractivity contribution in [1.82, 2.24) is 15.2 Å². The van der Waals surface area contributed by atoms with Crippen LogP contribution >= 0.6 is 0 Å². The largest absolute Gasteiger partial charge is 0.369 e. The van der Waals surface area contributed by atoms with E-state index in [0.717, 1.165) is 57.8 Å². The van der Waals surface area contributed by atoms with Gasteiger partial charge in [-0.25, -0.2) is 4.98 Å². The highest BCUT2D eigenvalue weighted by Gasteiger charge is 2.24. The van der Waals surface area contributed by atoms with E-state index < -0.39 is 0 Å². The molecule has 1 amide bonds. The first-order chi connectivity index (χ1) is 16.7. The number of hydrogen-bond donors (Lipinski definition) is 3. The first-order valence-electron chi connectivity index (χ1n) is 13.8. The fourth-order valence-electron chi connectivity index (χ4n) is 5.49. The molecule has 0 saturated carbocycles. The molecule has 1 aromatic rings. The summed E-state index contributed by atoms with van der Waals surface area (Å²) in [7, 11) is 0. The first-order valence-corrected chi connectivity index (χ1v) is 13.8. The molecule has 4 aliphatic rings. The molecule has 2 bridgehead atoms. The van der Waals surface area contributed by atoms with Gasteiger partial charge in [0.2, 0.25) is 0 Å². The van der Waals surface area contributed by atoms with Crippen molar-refractivity contribution >= 4 is 23.3 Å². The fraction of sp³-hybridized carbons (Fsp3) is 0.741. The van der Waals surface area contributed by atoms with Crippen molar-refractivity contribution in [3.8, 4) is 0 Å². The van der Waals surface area contributed by atoms with Crippen molar-refractivity contribution in [1.29, 1.82) is 5.41 Å². The molecule has 1 aromatic heterocycles. The monoisotopic (exact) mass is 468 g/mol. The molecule has 0 aliphatic carbocycles. The van der Waals surface area contributed by atoms with Crippen molar-refractivity contribution in [3.05, 3.63) is 17.7 Å². The lowest BCUT2D eigenvalue weighted by atomic mass is 10.0. The van der Waals surface area contributed by atoms with Crippen molar-refractivity contribution in [3.63, 3.8) is 0 Å². The van der Waals surface area contributed by atoms with Gasteiger partial charge in [-0.05, 0) is 57.2 Å². The Hall–Kier alpha value is -2.15. The van der Waals surface area contributed by atoms with Crippen LogP contribution in [0.15, 0.2) is 12.1 Å². The van der Waals surface area contributed by atoms with Gasteiger partial charge >= 0.3 is 0 Å². The van der Waals surface area contributed by atoms with Crippen LogP contribution in [0.2, 0.25) is 0 Å². The molecular weight excluding hydrogens is 424 g/mol. The molecule has 0 atom stereocenters. The van der Waals surface area contributed by atoms with Crippen LogP contribution in [0.3, 0.4) is 0 Å². The molecule has 0 unspecified atom stereocenters. The van der Waals surface area contributed by atoms with Crippen LogP contribution in [0.4, 0.5) is 11.6 Å². The van der Waals surface area contributed by atoms with Crippen molar-refractivity contribution in [2.24, 2.45) is 0 Å². The number of anilines is 2. The Balaban J connectivity index is 1.49. The Morgan fingerprint density at radius 3 is 2.12 bits per heavy atom. The number of nitrogens with one attached hydrogen (secondary N) is 3. The summed E-state index contributed by atoms with van der Waals surface area (Å²) < 4.78 is 0. The third-order valence-electron chi connectivity index (χ3n) is 7.67. The van der Waals surface area contributed by atoms with E-state index in [1.54, 1.807) is 0 Å². The molecule has 3 N–H and O–H groups in total. The van der Waals surface area contributed by atoms with E-state index in [2.05, 4.69) is 20.4 Å².